The average Bonchev–Trinajstić information content (AvgIpc) is 2.87. The number of aromatic amines is 1. The molecule has 2 heterocycles. The zero-order valence-electron chi connectivity index (χ0n) is 6.79. The van der Waals surface area contributed by atoms with Crippen molar-refractivity contribution in [3.8, 4) is 0 Å². The van der Waals surface area contributed by atoms with Gasteiger partial charge in [0.25, 0.3) is 0 Å². The molecule has 0 bridgehead atoms. The molecule has 0 atom stereocenters. The fraction of sp³-hybridized carbons (Fsp3) is 0.375. The molecule has 2 aromatic heterocycles. The topological polar surface area (TPSA) is 54.5 Å². The van der Waals surface area contributed by atoms with Gasteiger partial charge in [-0.2, -0.15) is 0 Å². The molecule has 0 radical (unpaired) electrons. The van der Waals surface area contributed by atoms with Gasteiger partial charge in [0.05, 0.1) is 6.20 Å². The van der Waals surface area contributed by atoms with Crippen LogP contribution in [0.25, 0.3) is 11.2 Å². The van der Waals surface area contributed by atoms with Crippen molar-refractivity contribution < 1.29 is 0 Å². The molecular weight excluding hydrogens is 232 g/mol. The van der Waals surface area contributed by atoms with E-state index in [9.17, 15) is 0 Å². The number of fused-ring (bicyclic) bond motifs is 1. The van der Waals surface area contributed by atoms with Crippen molar-refractivity contribution >= 4 is 27.1 Å². The smallest absolute Gasteiger partial charge is 0.182 e. The molecular formula is C8H7BrN4. The maximum atomic E-state index is 4.37. The van der Waals surface area contributed by atoms with E-state index in [2.05, 4.69) is 35.9 Å². The van der Waals surface area contributed by atoms with Crippen molar-refractivity contribution in [2.45, 2.75) is 18.8 Å². The van der Waals surface area contributed by atoms with Gasteiger partial charge in [-0.25, -0.2) is 15.0 Å². The summed E-state index contributed by atoms with van der Waals surface area (Å²) in [5, 5.41) is 0. The predicted octanol–water partition coefficient (Wildman–Crippen LogP) is 1.99. The lowest BCUT2D eigenvalue weighted by atomic mass is 10.4. The highest BCUT2D eigenvalue weighted by Gasteiger charge is 2.26. The highest BCUT2D eigenvalue weighted by molar-refractivity contribution is 9.10. The van der Waals surface area contributed by atoms with Crippen LogP contribution in [-0.2, 0) is 0 Å². The van der Waals surface area contributed by atoms with E-state index < -0.39 is 0 Å². The molecule has 66 valence electrons. The molecule has 0 unspecified atom stereocenters. The number of nitrogens with zero attached hydrogens (tertiary/aromatic N) is 3. The minimum absolute atomic E-state index is 0.583. The van der Waals surface area contributed by atoms with Crippen LogP contribution in [0, 0.1) is 0 Å². The molecule has 4 nitrogen and oxygen atoms in total. The minimum atomic E-state index is 0.583. The van der Waals surface area contributed by atoms with Gasteiger partial charge >= 0.3 is 0 Å². The Kier molecular flexibility index (Phi) is 1.44. The van der Waals surface area contributed by atoms with Gasteiger partial charge in [-0.3, -0.25) is 0 Å². The highest BCUT2D eigenvalue weighted by Crippen LogP contribution is 2.38. The summed E-state index contributed by atoms with van der Waals surface area (Å²) in [5.74, 6) is 1.52. The van der Waals surface area contributed by atoms with E-state index in [0.29, 0.717) is 10.7 Å². The highest BCUT2D eigenvalue weighted by atomic mass is 79.9. The van der Waals surface area contributed by atoms with E-state index in [-0.39, 0.29) is 0 Å². The standard InChI is InChI=1S/C8H7BrN4/c9-8-11-5-3-10-6(4-1-2-4)12-7(5)13-8/h3-4H,1-2H2,(H,10,11,12,13). The zero-order valence-corrected chi connectivity index (χ0v) is 8.37. The van der Waals surface area contributed by atoms with E-state index in [1.54, 1.807) is 6.20 Å². The van der Waals surface area contributed by atoms with Gasteiger partial charge in [-0.1, -0.05) is 0 Å². The second-order valence-electron chi connectivity index (χ2n) is 3.27. The number of nitrogens with one attached hydrogen (secondary N) is 1. The lowest BCUT2D eigenvalue weighted by molar-refractivity contribution is 0.942. The molecule has 0 spiro atoms. The number of hydrogen-bond donors (Lipinski definition) is 1. The Morgan fingerprint density at radius 1 is 1.38 bits per heavy atom. The van der Waals surface area contributed by atoms with Crippen molar-refractivity contribution in [2.24, 2.45) is 0 Å². The van der Waals surface area contributed by atoms with Crippen LogP contribution >= 0.6 is 15.9 Å². The van der Waals surface area contributed by atoms with Crippen LogP contribution in [0.3, 0.4) is 0 Å². The first-order chi connectivity index (χ1) is 6.33. The number of imidazole rings is 1. The number of H-pyrrole nitrogens is 1. The van der Waals surface area contributed by atoms with Gasteiger partial charge < -0.3 is 4.98 Å². The molecule has 0 aromatic carbocycles. The minimum Gasteiger partial charge on any atom is -0.330 e. The first-order valence-electron chi connectivity index (χ1n) is 4.21. The summed E-state index contributed by atoms with van der Waals surface area (Å²) in [6.07, 6.45) is 4.24. The number of hydrogen-bond acceptors (Lipinski definition) is 3. The van der Waals surface area contributed by atoms with Crippen LogP contribution in [0.4, 0.5) is 0 Å². The molecule has 0 aliphatic heterocycles. The second kappa shape index (κ2) is 2.51. The molecule has 1 N–H and O–H groups in total. The molecule has 1 aliphatic carbocycles. The Morgan fingerprint density at radius 2 is 2.23 bits per heavy atom. The van der Waals surface area contributed by atoms with Crippen molar-refractivity contribution in [3.63, 3.8) is 0 Å². The fourth-order valence-corrected chi connectivity index (χ4v) is 1.71. The predicted molar refractivity (Wildman–Crippen MR) is 51.4 cm³/mol. The van der Waals surface area contributed by atoms with E-state index in [4.69, 9.17) is 0 Å². The van der Waals surface area contributed by atoms with Crippen LogP contribution in [0.2, 0.25) is 0 Å². The summed E-state index contributed by atoms with van der Waals surface area (Å²) < 4.78 is 0.713. The number of halogens is 1. The third-order valence-corrected chi connectivity index (χ3v) is 2.55. The molecule has 0 amide bonds. The van der Waals surface area contributed by atoms with Gasteiger partial charge in [0, 0.05) is 5.92 Å². The maximum absolute atomic E-state index is 4.37. The lowest BCUT2D eigenvalue weighted by Gasteiger charge is -1.93. The van der Waals surface area contributed by atoms with E-state index in [1.165, 1.54) is 12.8 Å². The lowest BCUT2D eigenvalue weighted by Crippen LogP contribution is -1.91. The third kappa shape index (κ3) is 1.23. The quantitative estimate of drug-likeness (QED) is 0.774. The second-order valence-corrected chi connectivity index (χ2v) is 4.02. The molecule has 1 aliphatic rings. The first kappa shape index (κ1) is 7.44. The molecule has 2 aromatic rings. The monoisotopic (exact) mass is 238 g/mol. The normalized spacial score (nSPS) is 16.7. The van der Waals surface area contributed by atoms with Gasteiger partial charge in [-0.05, 0) is 28.8 Å². The SMILES string of the molecule is Brc1nc2nc(C3CC3)ncc2[nH]1. The van der Waals surface area contributed by atoms with E-state index >= 15 is 0 Å². The Morgan fingerprint density at radius 3 is 3.00 bits per heavy atom. The van der Waals surface area contributed by atoms with Gasteiger partial charge in [0.1, 0.15) is 11.3 Å². The maximum Gasteiger partial charge on any atom is 0.182 e. The van der Waals surface area contributed by atoms with Crippen LogP contribution in [0.15, 0.2) is 10.9 Å². The van der Waals surface area contributed by atoms with Crippen molar-refractivity contribution in [3.05, 3.63) is 16.8 Å². The number of rotatable bonds is 1. The third-order valence-electron chi connectivity index (χ3n) is 2.17. The van der Waals surface area contributed by atoms with E-state index in [0.717, 1.165) is 17.0 Å². The molecule has 13 heavy (non-hydrogen) atoms. The molecule has 5 heteroatoms. The summed E-state index contributed by atoms with van der Waals surface area (Å²) in [6.45, 7) is 0. The largest absolute Gasteiger partial charge is 0.330 e. The van der Waals surface area contributed by atoms with Crippen LogP contribution < -0.4 is 0 Å². The van der Waals surface area contributed by atoms with Crippen LogP contribution in [-0.4, -0.2) is 19.9 Å². The summed E-state index contributed by atoms with van der Waals surface area (Å²) in [6, 6.07) is 0. The van der Waals surface area contributed by atoms with Gasteiger partial charge in [-0.15, -0.1) is 0 Å². The van der Waals surface area contributed by atoms with Crippen molar-refractivity contribution in [1.82, 2.24) is 19.9 Å². The van der Waals surface area contributed by atoms with Crippen molar-refractivity contribution in [2.75, 3.05) is 0 Å². The Balaban J connectivity index is 2.20. The Bertz CT molecular complexity index is 460. The number of aromatic nitrogens is 4. The van der Waals surface area contributed by atoms with Crippen LogP contribution in [0.5, 0.6) is 0 Å². The zero-order chi connectivity index (χ0) is 8.84. The summed E-state index contributed by atoms with van der Waals surface area (Å²) in [7, 11) is 0. The summed E-state index contributed by atoms with van der Waals surface area (Å²) in [4.78, 5) is 15.9. The Labute approximate surface area is 82.9 Å². The average molecular weight is 239 g/mol. The fourth-order valence-electron chi connectivity index (χ4n) is 1.33. The van der Waals surface area contributed by atoms with Crippen LogP contribution in [0.1, 0.15) is 24.6 Å². The molecule has 1 fully saturated rings. The van der Waals surface area contributed by atoms with Gasteiger partial charge in [0.2, 0.25) is 0 Å². The first-order valence-corrected chi connectivity index (χ1v) is 5.00. The molecule has 1 saturated carbocycles. The van der Waals surface area contributed by atoms with Crippen molar-refractivity contribution in [1.29, 1.82) is 0 Å². The molecule has 0 saturated heterocycles. The van der Waals surface area contributed by atoms with E-state index in [1.807, 2.05) is 0 Å². The summed E-state index contributed by atoms with van der Waals surface area (Å²) in [5.41, 5.74) is 1.64. The Hall–Kier alpha value is -0.970. The molecule has 3 rings (SSSR count). The van der Waals surface area contributed by atoms with Gasteiger partial charge in [0.15, 0.2) is 10.4 Å². The summed E-state index contributed by atoms with van der Waals surface area (Å²) >= 11 is 3.27.